The van der Waals surface area contributed by atoms with E-state index in [-0.39, 0.29) is 30.5 Å². The normalized spacial score (nSPS) is 16.9. The topological polar surface area (TPSA) is 150 Å². The zero-order valence-corrected chi connectivity index (χ0v) is 26.5. The molecule has 1 aliphatic heterocycles. The van der Waals surface area contributed by atoms with Gasteiger partial charge in [-0.3, -0.25) is 9.78 Å². The molecule has 13 heteroatoms. The van der Waals surface area contributed by atoms with Crippen molar-refractivity contribution >= 4 is 27.0 Å². The summed E-state index contributed by atoms with van der Waals surface area (Å²) in [6.45, 7) is 10.9. The molecule has 0 amide bonds. The van der Waals surface area contributed by atoms with E-state index in [1.807, 2.05) is 39.0 Å². The number of fused-ring (bicyclic) bond motifs is 2. The van der Waals surface area contributed by atoms with Crippen LogP contribution in [0.25, 0.3) is 11.0 Å². The maximum absolute atomic E-state index is 14.0. The molecule has 12 nitrogen and oxygen atoms in total. The Bertz CT molecular complexity index is 1790. The molecule has 1 atom stereocenters. The third-order valence-corrected chi connectivity index (χ3v) is 10.1. The van der Waals surface area contributed by atoms with Crippen LogP contribution in [-0.4, -0.2) is 75.1 Å². The van der Waals surface area contributed by atoms with Gasteiger partial charge in [-0.05, 0) is 81.5 Å². The number of aromatic nitrogens is 5. The predicted octanol–water partition coefficient (Wildman–Crippen LogP) is 4.09. The van der Waals surface area contributed by atoms with Crippen molar-refractivity contribution in [2.24, 2.45) is 5.41 Å². The lowest BCUT2D eigenvalue weighted by Crippen LogP contribution is -2.34. The average molecular weight is 623 g/mol. The van der Waals surface area contributed by atoms with Crippen molar-refractivity contribution in [1.29, 1.82) is 0 Å². The van der Waals surface area contributed by atoms with Crippen molar-refractivity contribution in [2.45, 2.75) is 64.9 Å². The van der Waals surface area contributed by atoms with E-state index >= 15 is 0 Å². The Balaban J connectivity index is 1.60. The van der Waals surface area contributed by atoms with Gasteiger partial charge in [0.15, 0.2) is 0 Å². The maximum atomic E-state index is 14.0. The van der Waals surface area contributed by atoms with Crippen LogP contribution in [0.2, 0.25) is 0 Å². The van der Waals surface area contributed by atoms with E-state index in [0.29, 0.717) is 48.5 Å². The molecule has 0 fully saturated rings. The highest BCUT2D eigenvalue weighted by molar-refractivity contribution is 7.89. The van der Waals surface area contributed by atoms with Crippen LogP contribution >= 0.6 is 0 Å². The van der Waals surface area contributed by atoms with Gasteiger partial charge in [-0.2, -0.15) is 4.31 Å². The van der Waals surface area contributed by atoms with Crippen LogP contribution in [0.3, 0.4) is 0 Å². The van der Waals surface area contributed by atoms with Gasteiger partial charge < -0.3 is 14.6 Å². The lowest BCUT2D eigenvalue weighted by molar-refractivity contribution is -0.147. The molecule has 4 aromatic rings. The summed E-state index contributed by atoms with van der Waals surface area (Å²) in [6.07, 6.45) is 3.65. The van der Waals surface area contributed by atoms with Gasteiger partial charge in [-0.25, -0.2) is 18.1 Å². The molecule has 0 radical (unpaired) electrons. The first-order chi connectivity index (χ1) is 21.0. The van der Waals surface area contributed by atoms with Gasteiger partial charge in [-0.15, -0.1) is 5.10 Å². The van der Waals surface area contributed by atoms with Crippen LogP contribution in [0.5, 0.6) is 5.88 Å². The van der Waals surface area contributed by atoms with Crippen LogP contribution in [0, 0.1) is 19.3 Å². The molecular weight excluding hydrogens is 584 g/mol. The number of ether oxygens (including phenoxy) is 2. The highest BCUT2D eigenvalue weighted by Crippen LogP contribution is 2.44. The quantitative estimate of drug-likeness (QED) is 0.319. The maximum Gasteiger partial charge on any atom is 0.310 e. The summed E-state index contributed by atoms with van der Waals surface area (Å²) in [5.41, 5.74) is 3.93. The highest BCUT2D eigenvalue weighted by atomic mass is 32.2. The van der Waals surface area contributed by atoms with E-state index in [4.69, 9.17) is 9.47 Å². The highest BCUT2D eigenvalue weighted by Gasteiger charge is 2.41. The molecular formula is C31H38N6O6S. The number of sulfonamides is 1. The number of carbonyl (C=O) groups is 1. The third-order valence-electron chi connectivity index (χ3n) is 8.28. The molecule has 0 unspecified atom stereocenters. The van der Waals surface area contributed by atoms with Crippen molar-refractivity contribution in [3.8, 4) is 5.88 Å². The molecule has 0 saturated carbocycles. The first kappa shape index (κ1) is 31.5. The number of pyridine rings is 2. The molecule has 4 heterocycles. The number of rotatable bonds is 7. The van der Waals surface area contributed by atoms with Gasteiger partial charge in [-0.1, -0.05) is 17.3 Å². The van der Waals surface area contributed by atoms with Gasteiger partial charge in [0.1, 0.15) is 17.0 Å². The summed E-state index contributed by atoms with van der Waals surface area (Å²) in [5, 5.41) is 19.0. The zero-order valence-electron chi connectivity index (χ0n) is 25.6. The molecule has 1 aromatic carbocycles. The number of carboxylic acids is 1. The van der Waals surface area contributed by atoms with Gasteiger partial charge >= 0.3 is 5.97 Å². The third kappa shape index (κ3) is 5.91. The molecule has 0 aliphatic carbocycles. The second-order valence-electron chi connectivity index (χ2n) is 11.5. The molecule has 1 aliphatic rings. The number of hydrogen-bond acceptors (Lipinski definition) is 9. The Morgan fingerprint density at radius 1 is 1.14 bits per heavy atom. The number of nitrogens with zero attached hydrogens (tertiary/aromatic N) is 6. The van der Waals surface area contributed by atoms with Crippen LogP contribution < -0.4 is 4.74 Å². The molecule has 0 bridgehead atoms. The predicted molar refractivity (Wildman–Crippen MR) is 163 cm³/mol. The molecule has 44 heavy (non-hydrogen) atoms. The van der Waals surface area contributed by atoms with Crippen molar-refractivity contribution < 1.29 is 27.8 Å². The molecule has 1 N–H and O–H groups in total. The lowest BCUT2D eigenvalue weighted by atomic mass is 9.70. The van der Waals surface area contributed by atoms with Gasteiger partial charge in [0.2, 0.25) is 15.9 Å². The van der Waals surface area contributed by atoms with E-state index in [2.05, 4.69) is 20.3 Å². The molecule has 234 valence electrons. The fourth-order valence-corrected chi connectivity index (χ4v) is 7.23. The van der Waals surface area contributed by atoms with E-state index in [1.54, 1.807) is 30.8 Å². The standard InChI is InChI=1S/C31H38N6O6S/c1-6-37-25-11-10-24(20(2)28(25)34-35-37)27(31(4,5)30(38)39)22-17-23(21(3)33-18-22)19-36-13-8-14-42-15-16-43-29-26(44(36,40)41)9-7-12-32-29/h7,9-12,17-18,27H,6,8,13-16,19H2,1-5H3,(H,38,39)/t27-/m1/s1. The van der Waals surface area contributed by atoms with Gasteiger partial charge in [0, 0.05) is 50.2 Å². The summed E-state index contributed by atoms with van der Waals surface area (Å²) in [5.74, 6) is -1.56. The van der Waals surface area contributed by atoms with Crippen molar-refractivity contribution in [3.63, 3.8) is 0 Å². The van der Waals surface area contributed by atoms with E-state index in [9.17, 15) is 18.3 Å². The fourth-order valence-electron chi connectivity index (χ4n) is 5.69. The van der Waals surface area contributed by atoms with E-state index in [0.717, 1.165) is 16.6 Å². The Morgan fingerprint density at radius 2 is 1.93 bits per heavy atom. The van der Waals surface area contributed by atoms with Gasteiger partial charge in [0.05, 0.1) is 17.5 Å². The number of benzene rings is 1. The number of aliphatic carboxylic acids is 1. The van der Waals surface area contributed by atoms with Crippen LogP contribution in [0.1, 0.15) is 61.1 Å². The van der Waals surface area contributed by atoms with Crippen molar-refractivity contribution in [2.75, 3.05) is 26.4 Å². The van der Waals surface area contributed by atoms with E-state index < -0.39 is 27.3 Å². The summed E-state index contributed by atoms with van der Waals surface area (Å²) in [4.78, 5) is 21.5. The van der Waals surface area contributed by atoms with E-state index in [1.165, 1.54) is 16.6 Å². The molecule has 0 spiro atoms. The monoisotopic (exact) mass is 622 g/mol. The average Bonchev–Trinajstić information content (AvgIpc) is 3.41. The fraction of sp³-hybridized carbons (Fsp3) is 0.452. The molecule has 5 rings (SSSR count). The lowest BCUT2D eigenvalue weighted by Gasteiger charge is -2.33. The molecule has 3 aromatic heterocycles. The number of carboxylic acid groups (broad SMARTS) is 1. The first-order valence-electron chi connectivity index (χ1n) is 14.6. The minimum Gasteiger partial charge on any atom is -0.481 e. The second-order valence-corrected chi connectivity index (χ2v) is 13.4. The Morgan fingerprint density at radius 3 is 2.68 bits per heavy atom. The van der Waals surface area contributed by atoms with Crippen LogP contribution in [-0.2, 0) is 32.6 Å². The van der Waals surface area contributed by atoms with Crippen LogP contribution in [0.15, 0.2) is 47.6 Å². The Hall–Kier alpha value is -3.94. The smallest absolute Gasteiger partial charge is 0.310 e. The molecule has 0 saturated heterocycles. The summed E-state index contributed by atoms with van der Waals surface area (Å²) in [6, 6.07) is 8.79. The minimum absolute atomic E-state index is 0.0161. The number of aryl methyl sites for hydroxylation is 3. The summed E-state index contributed by atoms with van der Waals surface area (Å²) in [7, 11) is -4.02. The zero-order chi connectivity index (χ0) is 31.6. The van der Waals surface area contributed by atoms with Gasteiger partial charge in [0.25, 0.3) is 0 Å². The SMILES string of the molecule is CCn1nnc2c(C)c([C@@H](c3cnc(C)c(CN4CCCOCCOc5ncccc5S4(=O)=O)c3)C(C)(C)C(=O)O)ccc21. The minimum atomic E-state index is -4.02. The Labute approximate surface area is 257 Å². The second kappa shape index (κ2) is 12.6. The summed E-state index contributed by atoms with van der Waals surface area (Å²) < 4.78 is 42.5. The van der Waals surface area contributed by atoms with Crippen molar-refractivity contribution in [1.82, 2.24) is 29.3 Å². The Kier molecular flexibility index (Phi) is 9.00. The van der Waals surface area contributed by atoms with Crippen molar-refractivity contribution in [3.05, 3.63) is 70.7 Å². The first-order valence-corrected chi connectivity index (χ1v) is 16.1. The summed E-state index contributed by atoms with van der Waals surface area (Å²) >= 11 is 0. The van der Waals surface area contributed by atoms with Crippen LogP contribution in [0.4, 0.5) is 0 Å². The largest absolute Gasteiger partial charge is 0.481 e. The number of hydrogen-bond donors (Lipinski definition) is 1.